The third-order valence-electron chi connectivity index (χ3n) is 2.60. The first kappa shape index (κ1) is 11.3. The smallest absolute Gasteiger partial charge is 0.342 e. The summed E-state index contributed by atoms with van der Waals surface area (Å²) in [5, 5.41) is 0. The van der Waals surface area contributed by atoms with Crippen LogP contribution in [0.25, 0.3) is 0 Å². The molecule has 0 radical (unpaired) electrons. The highest BCUT2D eigenvalue weighted by Gasteiger charge is 2.43. The fraction of sp³-hybridized carbons (Fsp3) is 0.889. The molecule has 1 aliphatic rings. The molecule has 82 valence electrons. The first-order valence-electron chi connectivity index (χ1n) is 4.68. The van der Waals surface area contributed by atoms with Crippen LogP contribution in [0.1, 0.15) is 20.3 Å². The van der Waals surface area contributed by atoms with Crippen LogP contribution in [0.15, 0.2) is 0 Å². The number of alkyl halides is 3. The van der Waals surface area contributed by atoms with Crippen LogP contribution >= 0.6 is 0 Å². The summed E-state index contributed by atoms with van der Waals surface area (Å²) in [6.45, 7) is 3.77. The van der Waals surface area contributed by atoms with Crippen molar-refractivity contribution < 1.29 is 18.0 Å². The van der Waals surface area contributed by atoms with Crippen molar-refractivity contribution in [1.82, 2.24) is 4.90 Å². The Morgan fingerprint density at radius 3 is 2.43 bits per heavy atom. The van der Waals surface area contributed by atoms with Crippen molar-refractivity contribution in [1.29, 1.82) is 0 Å². The maximum Gasteiger partial charge on any atom is 0.400 e. The van der Waals surface area contributed by atoms with Gasteiger partial charge < -0.3 is 4.90 Å². The predicted octanol–water partition coefficient (Wildman–Crippen LogP) is 2.05. The quantitative estimate of drug-likeness (QED) is 0.647. The third kappa shape index (κ3) is 2.39. The maximum absolute atomic E-state index is 12.2. The normalized spacial score (nSPS) is 25.2. The minimum absolute atomic E-state index is 0.319. The standard InChI is InChI=1S/C9H14F3NO/c1-6-3-4-13(5-6)8(14)7(2)9(10,11)12/h6-7H,3-5H2,1-2H3. The van der Waals surface area contributed by atoms with Gasteiger partial charge in [0.1, 0.15) is 5.92 Å². The summed E-state index contributed by atoms with van der Waals surface area (Å²) in [7, 11) is 0. The van der Waals surface area contributed by atoms with E-state index >= 15 is 0 Å². The summed E-state index contributed by atoms with van der Waals surface area (Å²) >= 11 is 0. The van der Waals surface area contributed by atoms with Gasteiger partial charge in [0.15, 0.2) is 0 Å². The molecule has 2 atom stereocenters. The van der Waals surface area contributed by atoms with E-state index in [9.17, 15) is 18.0 Å². The van der Waals surface area contributed by atoms with Gasteiger partial charge in [0, 0.05) is 13.1 Å². The summed E-state index contributed by atoms with van der Waals surface area (Å²) in [6.07, 6.45) is -3.61. The highest BCUT2D eigenvalue weighted by Crippen LogP contribution is 2.29. The molecule has 0 N–H and O–H groups in total. The lowest BCUT2D eigenvalue weighted by molar-refractivity contribution is -0.184. The van der Waals surface area contributed by atoms with Crippen molar-refractivity contribution in [2.45, 2.75) is 26.4 Å². The van der Waals surface area contributed by atoms with E-state index in [1.54, 1.807) is 0 Å². The monoisotopic (exact) mass is 209 g/mol. The van der Waals surface area contributed by atoms with Crippen molar-refractivity contribution in [3.8, 4) is 0 Å². The average molecular weight is 209 g/mol. The van der Waals surface area contributed by atoms with E-state index in [0.717, 1.165) is 13.3 Å². The Balaban J connectivity index is 2.57. The lowest BCUT2D eigenvalue weighted by atomic mass is 10.1. The molecule has 1 rings (SSSR count). The number of carbonyl (C=O) groups is 1. The van der Waals surface area contributed by atoms with Gasteiger partial charge in [-0.1, -0.05) is 6.92 Å². The van der Waals surface area contributed by atoms with E-state index in [2.05, 4.69) is 0 Å². The number of likely N-dealkylation sites (tertiary alicyclic amines) is 1. The Labute approximate surface area is 81.1 Å². The highest BCUT2D eigenvalue weighted by molar-refractivity contribution is 5.79. The lowest BCUT2D eigenvalue weighted by Crippen LogP contribution is -2.39. The van der Waals surface area contributed by atoms with Gasteiger partial charge in [-0.05, 0) is 19.3 Å². The topological polar surface area (TPSA) is 20.3 Å². The Hall–Kier alpha value is -0.740. The highest BCUT2D eigenvalue weighted by atomic mass is 19.4. The van der Waals surface area contributed by atoms with Crippen LogP contribution in [0, 0.1) is 11.8 Å². The van der Waals surface area contributed by atoms with Gasteiger partial charge in [0.05, 0.1) is 0 Å². The number of halogens is 3. The van der Waals surface area contributed by atoms with Crippen molar-refractivity contribution in [2.75, 3.05) is 13.1 Å². The summed E-state index contributed by atoms with van der Waals surface area (Å²) in [4.78, 5) is 12.7. The van der Waals surface area contributed by atoms with Crippen LogP contribution in [0.4, 0.5) is 13.2 Å². The molecule has 5 heteroatoms. The van der Waals surface area contributed by atoms with Crippen LogP contribution in [0.2, 0.25) is 0 Å². The number of carbonyl (C=O) groups excluding carboxylic acids is 1. The van der Waals surface area contributed by atoms with Crippen molar-refractivity contribution in [2.24, 2.45) is 11.8 Å². The van der Waals surface area contributed by atoms with E-state index in [-0.39, 0.29) is 0 Å². The molecule has 1 heterocycles. The molecule has 1 saturated heterocycles. The fourth-order valence-electron chi connectivity index (χ4n) is 1.55. The van der Waals surface area contributed by atoms with Crippen molar-refractivity contribution in [3.63, 3.8) is 0 Å². The number of nitrogens with zero attached hydrogens (tertiary/aromatic N) is 1. The Kier molecular flexibility index (Phi) is 3.07. The lowest BCUT2D eigenvalue weighted by Gasteiger charge is -2.22. The zero-order valence-electron chi connectivity index (χ0n) is 8.27. The van der Waals surface area contributed by atoms with Gasteiger partial charge >= 0.3 is 6.18 Å². The van der Waals surface area contributed by atoms with E-state index in [1.807, 2.05) is 6.92 Å². The molecule has 1 fully saturated rings. The maximum atomic E-state index is 12.2. The summed E-state index contributed by atoms with van der Waals surface area (Å²) in [5.41, 5.74) is 0. The Bertz CT molecular complexity index is 227. The molecule has 2 unspecified atom stereocenters. The largest absolute Gasteiger partial charge is 0.400 e. The average Bonchev–Trinajstić information content (AvgIpc) is 2.47. The van der Waals surface area contributed by atoms with Crippen LogP contribution in [0.3, 0.4) is 0 Å². The summed E-state index contributed by atoms with van der Waals surface area (Å²) < 4.78 is 36.6. The van der Waals surface area contributed by atoms with E-state index in [4.69, 9.17) is 0 Å². The zero-order valence-corrected chi connectivity index (χ0v) is 8.27. The Morgan fingerprint density at radius 1 is 1.50 bits per heavy atom. The SMILES string of the molecule is CC1CCN(C(=O)C(C)C(F)(F)F)C1. The summed E-state index contributed by atoms with van der Waals surface area (Å²) in [6, 6.07) is 0. The second kappa shape index (κ2) is 3.79. The van der Waals surface area contributed by atoms with Crippen LogP contribution in [-0.4, -0.2) is 30.1 Å². The molecule has 1 aliphatic heterocycles. The molecule has 0 bridgehead atoms. The first-order valence-corrected chi connectivity index (χ1v) is 4.68. The molecule has 0 aromatic heterocycles. The summed E-state index contributed by atoms with van der Waals surface area (Å²) in [5.74, 6) is -2.34. The molecule has 1 amide bonds. The molecule has 0 saturated carbocycles. The molecule has 0 aliphatic carbocycles. The molecule has 0 spiro atoms. The van der Waals surface area contributed by atoms with Gasteiger partial charge in [-0.25, -0.2) is 0 Å². The van der Waals surface area contributed by atoms with Gasteiger partial charge in [0.2, 0.25) is 5.91 Å². The van der Waals surface area contributed by atoms with E-state index in [0.29, 0.717) is 19.0 Å². The first-order chi connectivity index (χ1) is 6.32. The number of rotatable bonds is 1. The fourth-order valence-corrected chi connectivity index (χ4v) is 1.55. The van der Waals surface area contributed by atoms with Gasteiger partial charge in [-0.3, -0.25) is 4.79 Å². The van der Waals surface area contributed by atoms with E-state index in [1.165, 1.54) is 4.90 Å². The Morgan fingerprint density at radius 2 is 2.07 bits per heavy atom. The van der Waals surface area contributed by atoms with Crippen molar-refractivity contribution in [3.05, 3.63) is 0 Å². The third-order valence-corrected chi connectivity index (χ3v) is 2.60. The minimum Gasteiger partial charge on any atom is -0.342 e. The molecule has 0 aromatic carbocycles. The van der Waals surface area contributed by atoms with Gasteiger partial charge in [0.25, 0.3) is 0 Å². The van der Waals surface area contributed by atoms with Crippen molar-refractivity contribution >= 4 is 5.91 Å². The van der Waals surface area contributed by atoms with Gasteiger partial charge in [-0.2, -0.15) is 13.2 Å². The molecule has 2 nitrogen and oxygen atoms in total. The van der Waals surface area contributed by atoms with Crippen LogP contribution in [0.5, 0.6) is 0 Å². The molecule has 0 aromatic rings. The zero-order chi connectivity index (χ0) is 10.9. The second-order valence-corrected chi connectivity index (χ2v) is 3.94. The minimum atomic E-state index is -4.41. The molecular formula is C9H14F3NO. The predicted molar refractivity (Wildman–Crippen MR) is 45.6 cm³/mol. The second-order valence-electron chi connectivity index (χ2n) is 3.94. The molecule has 14 heavy (non-hydrogen) atoms. The number of hydrogen-bond acceptors (Lipinski definition) is 1. The van der Waals surface area contributed by atoms with Gasteiger partial charge in [-0.15, -0.1) is 0 Å². The van der Waals surface area contributed by atoms with Crippen LogP contribution < -0.4 is 0 Å². The van der Waals surface area contributed by atoms with E-state index < -0.39 is 18.0 Å². The van der Waals surface area contributed by atoms with Crippen LogP contribution in [-0.2, 0) is 4.79 Å². The number of amides is 1. The number of hydrogen-bond donors (Lipinski definition) is 0. The molecular weight excluding hydrogens is 195 g/mol.